The Labute approximate surface area is 120 Å². The number of hydrogen-bond acceptors (Lipinski definition) is 3. The standard InChI is InChI=1S/C14H17BrN2O2/c15-12-4-1-8(5-13(12)18)14(19)17-10-2-3-11(17)7-9(16)6-10/h1,4-5,9-11,18H,2-3,6-7,16H2. The molecule has 2 aliphatic heterocycles. The number of carbonyl (C=O) groups excluding carboxylic acids is 1. The second kappa shape index (κ2) is 4.80. The lowest BCUT2D eigenvalue weighted by Crippen LogP contribution is -2.50. The molecule has 0 saturated carbocycles. The minimum atomic E-state index is 0.0159. The Morgan fingerprint density at radius 3 is 2.53 bits per heavy atom. The Bertz CT molecular complexity index is 506. The third-order valence-electron chi connectivity index (χ3n) is 4.20. The zero-order valence-electron chi connectivity index (χ0n) is 10.6. The highest BCUT2D eigenvalue weighted by molar-refractivity contribution is 9.10. The van der Waals surface area contributed by atoms with Crippen LogP contribution in [0.5, 0.6) is 5.75 Å². The quantitative estimate of drug-likeness (QED) is 0.832. The maximum Gasteiger partial charge on any atom is 0.254 e. The Morgan fingerprint density at radius 2 is 1.95 bits per heavy atom. The van der Waals surface area contributed by atoms with Crippen LogP contribution in [0, 0.1) is 0 Å². The fourth-order valence-electron chi connectivity index (χ4n) is 3.35. The van der Waals surface area contributed by atoms with Crippen LogP contribution in [0.3, 0.4) is 0 Å². The van der Waals surface area contributed by atoms with Crippen molar-refractivity contribution in [3.63, 3.8) is 0 Å². The average Bonchev–Trinajstić information content (AvgIpc) is 2.64. The molecule has 2 heterocycles. The van der Waals surface area contributed by atoms with E-state index in [1.54, 1.807) is 12.1 Å². The number of phenols is 1. The molecule has 5 heteroatoms. The topological polar surface area (TPSA) is 66.6 Å². The summed E-state index contributed by atoms with van der Waals surface area (Å²) in [4.78, 5) is 14.6. The van der Waals surface area contributed by atoms with Gasteiger partial charge >= 0.3 is 0 Å². The summed E-state index contributed by atoms with van der Waals surface area (Å²) in [7, 11) is 0. The summed E-state index contributed by atoms with van der Waals surface area (Å²) < 4.78 is 0.604. The first-order valence-electron chi connectivity index (χ1n) is 6.63. The molecule has 102 valence electrons. The van der Waals surface area contributed by atoms with Crippen molar-refractivity contribution in [2.75, 3.05) is 0 Å². The maximum absolute atomic E-state index is 12.6. The fraction of sp³-hybridized carbons (Fsp3) is 0.500. The molecule has 0 spiro atoms. The monoisotopic (exact) mass is 324 g/mol. The zero-order valence-corrected chi connectivity index (χ0v) is 12.1. The summed E-state index contributed by atoms with van der Waals surface area (Å²) >= 11 is 3.23. The van der Waals surface area contributed by atoms with E-state index in [1.807, 2.05) is 4.90 Å². The number of carbonyl (C=O) groups is 1. The number of rotatable bonds is 1. The van der Waals surface area contributed by atoms with Gasteiger partial charge in [0, 0.05) is 23.7 Å². The highest BCUT2D eigenvalue weighted by Gasteiger charge is 2.42. The number of halogens is 1. The Balaban J connectivity index is 1.86. The van der Waals surface area contributed by atoms with Crippen LogP contribution in [-0.2, 0) is 0 Å². The normalized spacial score (nSPS) is 29.6. The first-order chi connectivity index (χ1) is 9.06. The van der Waals surface area contributed by atoms with Crippen LogP contribution in [0.4, 0.5) is 0 Å². The molecule has 2 atom stereocenters. The van der Waals surface area contributed by atoms with Crippen LogP contribution < -0.4 is 5.73 Å². The molecule has 2 aliphatic rings. The Hall–Kier alpha value is -1.07. The predicted octanol–water partition coefficient (Wildman–Crippen LogP) is 2.25. The number of fused-ring (bicyclic) bond motifs is 2. The van der Waals surface area contributed by atoms with Crippen molar-refractivity contribution in [2.24, 2.45) is 5.73 Å². The number of piperidine rings is 1. The molecular weight excluding hydrogens is 308 g/mol. The van der Waals surface area contributed by atoms with E-state index < -0.39 is 0 Å². The summed E-state index contributed by atoms with van der Waals surface area (Å²) in [5, 5.41) is 9.70. The molecule has 0 aromatic heterocycles. The van der Waals surface area contributed by atoms with E-state index in [0.29, 0.717) is 10.0 Å². The highest BCUT2D eigenvalue weighted by atomic mass is 79.9. The SMILES string of the molecule is NC1CC2CCC(C1)N2C(=O)c1ccc(Br)c(O)c1. The number of benzene rings is 1. The second-order valence-corrected chi connectivity index (χ2v) is 6.35. The van der Waals surface area contributed by atoms with Gasteiger partial charge in [0.2, 0.25) is 0 Å². The second-order valence-electron chi connectivity index (χ2n) is 5.50. The van der Waals surface area contributed by atoms with Crippen molar-refractivity contribution in [2.45, 2.75) is 43.8 Å². The lowest BCUT2D eigenvalue weighted by molar-refractivity contribution is 0.0574. The Morgan fingerprint density at radius 1 is 1.32 bits per heavy atom. The highest BCUT2D eigenvalue weighted by Crippen LogP contribution is 2.36. The number of amides is 1. The van der Waals surface area contributed by atoms with Gasteiger partial charge in [-0.15, -0.1) is 0 Å². The van der Waals surface area contributed by atoms with Gasteiger partial charge in [0.05, 0.1) is 4.47 Å². The van der Waals surface area contributed by atoms with Crippen LogP contribution in [-0.4, -0.2) is 34.0 Å². The minimum Gasteiger partial charge on any atom is -0.507 e. The van der Waals surface area contributed by atoms with E-state index in [-0.39, 0.29) is 29.8 Å². The minimum absolute atomic E-state index is 0.0159. The van der Waals surface area contributed by atoms with Crippen molar-refractivity contribution in [1.82, 2.24) is 4.90 Å². The van der Waals surface area contributed by atoms with Gasteiger partial charge in [-0.25, -0.2) is 0 Å². The fourth-order valence-corrected chi connectivity index (χ4v) is 3.59. The van der Waals surface area contributed by atoms with E-state index in [2.05, 4.69) is 15.9 Å². The molecule has 0 radical (unpaired) electrons. The molecule has 3 rings (SSSR count). The number of phenolic OH excluding ortho intramolecular Hbond substituents is 1. The van der Waals surface area contributed by atoms with Gasteiger partial charge in [0.15, 0.2) is 0 Å². The molecule has 3 N–H and O–H groups in total. The van der Waals surface area contributed by atoms with Gasteiger partial charge in [-0.05, 0) is 59.8 Å². The third-order valence-corrected chi connectivity index (χ3v) is 4.87. The average molecular weight is 325 g/mol. The number of aromatic hydroxyl groups is 1. The van der Waals surface area contributed by atoms with Crippen molar-refractivity contribution < 1.29 is 9.90 Å². The molecule has 2 saturated heterocycles. The van der Waals surface area contributed by atoms with Crippen LogP contribution in [0.15, 0.2) is 22.7 Å². The smallest absolute Gasteiger partial charge is 0.254 e. The van der Waals surface area contributed by atoms with Gasteiger partial charge in [-0.2, -0.15) is 0 Å². The number of nitrogens with two attached hydrogens (primary N) is 1. The lowest BCUT2D eigenvalue weighted by Gasteiger charge is -2.37. The lowest BCUT2D eigenvalue weighted by atomic mass is 9.97. The van der Waals surface area contributed by atoms with Gasteiger partial charge in [-0.3, -0.25) is 4.79 Å². The van der Waals surface area contributed by atoms with E-state index in [1.165, 1.54) is 6.07 Å². The Kier molecular flexibility index (Phi) is 3.27. The van der Waals surface area contributed by atoms with Crippen LogP contribution in [0.25, 0.3) is 0 Å². The van der Waals surface area contributed by atoms with Gasteiger partial charge in [0.1, 0.15) is 5.75 Å². The van der Waals surface area contributed by atoms with Gasteiger partial charge in [0.25, 0.3) is 5.91 Å². The molecule has 4 nitrogen and oxygen atoms in total. The summed E-state index contributed by atoms with van der Waals surface area (Å²) in [6.45, 7) is 0. The molecule has 1 amide bonds. The summed E-state index contributed by atoms with van der Waals surface area (Å²) in [5.74, 6) is 0.120. The predicted molar refractivity (Wildman–Crippen MR) is 76.0 cm³/mol. The summed E-state index contributed by atoms with van der Waals surface area (Å²) in [5.41, 5.74) is 6.57. The number of nitrogens with zero attached hydrogens (tertiary/aromatic N) is 1. The van der Waals surface area contributed by atoms with Crippen LogP contribution in [0.2, 0.25) is 0 Å². The first kappa shape index (κ1) is 12.9. The summed E-state index contributed by atoms with van der Waals surface area (Å²) in [6.07, 6.45) is 3.88. The van der Waals surface area contributed by atoms with Crippen molar-refractivity contribution in [3.8, 4) is 5.75 Å². The van der Waals surface area contributed by atoms with Crippen molar-refractivity contribution in [1.29, 1.82) is 0 Å². The zero-order chi connectivity index (χ0) is 13.6. The maximum atomic E-state index is 12.6. The molecule has 0 aliphatic carbocycles. The van der Waals surface area contributed by atoms with E-state index in [0.717, 1.165) is 25.7 Å². The van der Waals surface area contributed by atoms with Gasteiger partial charge in [-0.1, -0.05) is 0 Å². The van der Waals surface area contributed by atoms with E-state index in [4.69, 9.17) is 5.73 Å². The van der Waals surface area contributed by atoms with Crippen LogP contribution in [0.1, 0.15) is 36.0 Å². The van der Waals surface area contributed by atoms with Crippen molar-refractivity contribution >= 4 is 21.8 Å². The largest absolute Gasteiger partial charge is 0.507 e. The summed E-state index contributed by atoms with van der Waals surface area (Å²) in [6, 6.07) is 5.75. The van der Waals surface area contributed by atoms with E-state index in [9.17, 15) is 9.90 Å². The molecule has 2 unspecified atom stereocenters. The number of hydrogen-bond donors (Lipinski definition) is 2. The van der Waals surface area contributed by atoms with E-state index >= 15 is 0 Å². The van der Waals surface area contributed by atoms with Crippen molar-refractivity contribution in [3.05, 3.63) is 28.2 Å². The molecular formula is C14H17BrN2O2. The molecule has 1 aromatic rings. The van der Waals surface area contributed by atoms with Gasteiger partial charge < -0.3 is 15.7 Å². The molecule has 19 heavy (non-hydrogen) atoms. The first-order valence-corrected chi connectivity index (χ1v) is 7.42. The molecule has 2 bridgehead atoms. The molecule has 2 fully saturated rings. The molecule has 1 aromatic carbocycles. The third kappa shape index (κ3) is 2.25. The van der Waals surface area contributed by atoms with Crippen LogP contribution >= 0.6 is 15.9 Å².